The number of esters is 2. The van der Waals surface area contributed by atoms with E-state index in [1.54, 1.807) is 13.8 Å². The number of aryl methyl sites for hydroxylation is 1. The maximum Gasteiger partial charge on any atom is 0.334 e. The highest BCUT2D eigenvalue weighted by Gasteiger charge is 2.62. The maximum absolute atomic E-state index is 12.9. The Labute approximate surface area is 238 Å². The minimum Gasteiger partial charge on any atom is -0.451 e. The monoisotopic (exact) mass is 538 g/mol. The van der Waals surface area contributed by atoms with Crippen LogP contribution in [-0.4, -0.2) is 11.9 Å². The molecule has 40 heavy (non-hydrogen) atoms. The van der Waals surface area contributed by atoms with E-state index >= 15 is 0 Å². The zero-order valence-corrected chi connectivity index (χ0v) is 24.5. The van der Waals surface area contributed by atoms with Crippen molar-refractivity contribution in [2.75, 3.05) is 0 Å². The van der Waals surface area contributed by atoms with Gasteiger partial charge in [0.1, 0.15) is 11.2 Å². The molecule has 0 bridgehead atoms. The summed E-state index contributed by atoms with van der Waals surface area (Å²) in [6.45, 7) is 15.4. The van der Waals surface area contributed by atoms with Gasteiger partial charge in [-0.1, -0.05) is 62.0 Å². The molecule has 2 aromatic rings. The van der Waals surface area contributed by atoms with Crippen LogP contribution in [0.15, 0.2) is 66.8 Å². The SMILES string of the molecule is C=C(C)C(=O)OC1(C)c2ccc(C3CCCC4(Cc5ccccc5C4(C)OC(=O)C(=C)C)C3)cc2CCC12CC2. The molecule has 0 amide bonds. The molecule has 4 aliphatic rings. The summed E-state index contributed by atoms with van der Waals surface area (Å²) in [5, 5.41) is 0. The Morgan fingerprint density at radius 1 is 0.800 bits per heavy atom. The van der Waals surface area contributed by atoms with Gasteiger partial charge < -0.3 is 9.47 Å². The second-order valence-corrected chi connectivity index (χ2v) is 13.5. The minimum absolute atomic E-state index is 0.0477. The average Bonchev–Trinajstić information content (AvgIpc) is 3.68. The summed E-state index contributed by atoms with van der Waals surface area (Å²) in [7, 11) is 0. The lowest BCUT2D eigenvalue weighted by atomic mass is 9.60. The van der Waals surface area contributed by atoms with Crippen LogP contribution < -0.4 is 0 Å². The van der Waals surface area contributed by atoms with E-state index in [1.165, 1.54) is 16.7 Å². The Morgan fingerprint density at radius 2 is 1.43 bits per heavy atom. The van der Waals surface area contributed by atoms with Crippen LogP contribution in [-0.2, 0) is 43.1 Å². The van der Waals surface area contributed by atoms with Gasteiger partial charge in [-0.2, -0.15) is 0 Å². The lowest BCUT2D eigenvalue weighted by Gasteiger charge is -2.48. The van der Waals surface area contributed by atoms with E-state index in [9.17, 15) is 9.59 Å². The zero-order chi connectivity index (χ0) is 28.5. The zero-order valence-electron chi connectivity index (χ0n) is 24.5. The molecule has 2 aromatic carbocycles. The lowest BCUT2D eigenvalue weighted by Crippen LogP contribution is -2.46. The van der Waals surface area contributed by atoms with Crippen molar-refractivity contribution in [2.24, 2.45) is 10.8 Å². The first kappa shape index (κ1) is 27.1. The largest absolute Gasteiger partial charge is 0.451 e. The van der Waals surface area contributed by atoms with E-state index in [-0.39, 0.29) is 22.8 Å². The van der Waals surface area contributed by atoms with Crippen LogP contribution in [0.25, 0.3) is 0 Å². The van der Waals surface area contributed by atoms with Crippen LogP contribution in [0.4, 0.5) is 0 Å². The van der Waals surface area contributed by atoms with Gasteiger partial charge in [-0.15, -0.1) is 0 Å². The normalized spacial score (nSPS) is 31.2. The molecule has 210 valence electrons. The maximum atomic E-state index is 12.9. The molecule has 4 atom stereocenters. The van der Waals surface area contributed by atoms with Gasteiger partial charge in [0, 0.05) is 22.0 Å². The summed E-state index contributed by atoms with van der Waals surface area (Å²) in [5.74, 6) is -0.242. The van der Waals surface area contributed by atoms with E-state index in [0.29, 0.717) is 17.1 Å². The van der Waals surface area contributed by atoms with Gasteiger partial charge in [0.25, 0.3) is 0 Å². The highest BCUT2D eigenvalue weighted by Crippen LogP contribution is 2.66. The van der Waals surface area contributed by atoms with Crippen molar-refractivity contribution in [3.63, 3.8) is 0 Å². The summed E-state index contributed by atoms with van der Waals surface area (Å²) < 4.78 is 12.6. The molecule has 4 aliphatic carbocycles. The Bertz CT molecular complexity index is 1430. The third-order valence-electron chi connectivity index (χ3n) is 11.1. The van der Waals surface area contributed by atoms with Crippen LogP contribution in [0.5, 0.6) is 0 Å². The first-order valence-electron chi connectivity index (χ1n) is 14.9. The third-order valence-corrected chi connectivity index (χ3v) is 11.1. The molecule has 4 heteroatoms. The highest BCUT2D eigenvalue weighted by atomic mass is 16.6. The lowest BCUT2D eigenvalue weighted by molar-refractivity contribution is -0.174. The Morgan fingerprint density at radius 3 is 2.08 bits per heavy atom. The molecule has 0 saturated heterocycles. The third kappa shape index (κ3) is 3.93. The van der Waals surface area contributed by atoms with Gasteiger partial charge in [0.2, 0.25) is 0 Å². The highest BCUT2D eigenvalue weighted by molar-refractivity contribution is 5.88. The van der Waals surface area contributed by atoms with Gasteiger partial charge >= 0.3 is 11.9 Å². The first-order valence-corrected chi connectivity index (χ1v) is 14.9. The van der Waals surface area contributed by atoms with Gasteiger partial charge in [0.15, 0.2) is 0 Å². The van der Waals surface area contributed by atoms with E-state index < -0.39 is 11.2 Å². The van der Waals surface area contributed by atoms with Crippen LogP contribution in [0.3, 0.4) is 0 Å². The van der Waals surface area contributed by atoms with Crippen LogP contribution in [0.2, 0.25) is 0 Å². The number of carbonyl (C=O) groups excluding carboxylic acids is 2. The molecule has 0 aromatic heterocycles. The fraction of sp³-hybridized carbons (Fsp3) is 0.500. The average molecular weight is 539 g/mol. The molecule has 0 N–H and O–H groups in total. The van der Waals surface area contributed by atoms with Gasteiger partial charge in [0.05, 0.1) is 0 Å². The quantitative estimate of drug-likeness (QED) is 0.286. The number of fused-ring (bicyclic) bond motifs is 2. The summed E-state index contributed by atoms with van der Waals surface area (Å²) >= 11 is 0. The van der Waals surface area contributed by atoms with Crippen molar-refractivity contribution in [1.82, 2.24) is 0 Å². The predicted octanol–water partition coefficient (Wildman–Crippen LogP) is 7.98. The summed E-state index contributed by atoms with van der Waals surface area (Å²) in [5.41, 5.74) is 5.69. The smallest absolute Gasteiger partial charge is 0.334 e. The van der Waals surface area contributed by atoms with Crippen LogP contribution in [0, 0.1) is 10.8 Å². The number of hydrogen-bond acceptors (Lipinski definition) is 4. The molecule has 2 spiro atoms. The Kier molecular flexibility index (Phi) is 6.22. The van der Waals surface area contributed by atoms with Crippen molar-refractivity contribution in [2.45, 2.75) is 103 Å². The van der Waals surface area contributed by atoms with Crippen LogP contribution in [0.1, 0.15) is 106 Å². The van der Waals surface area contributed by atoms with Gasteiger partial charge in [-0.3, -0.25) is 0 Å². The van der Waals surface area contributed by atoms with E-state index in [1.807, 2.05) is 0 Å². The molecule has 0 heterocycles. The van der Waals surface area contributed by atoms with Crippen molar-refractivity contribution in [1.29, 1.82) is 0 Å². The van der Waals surface area contributed by atoms with Crippen molar-refractivity contribution in [3.8, 4) is 0 Å². The van der Waals surface area contributed by atoms with E-state index in [0.717, 1.165) is 68.9 Å². The molecule has 6 rings (SSSR count). The second kappa shape index (κ2) is 9.19. The first-order chi connectivity index (χ1) is 18.9. The van der Waals surface area contributed by atoms with E-state index in [2.05, 4.69) is 69.5 Å². The fourth-order valence-electron chi connectivity index (χ4n) is 8.39. The number of hydrogen-bond donors (Lipinski definition) is 0. The summed E-state index contributed by atoms with van der Waals surface area (Å²) in [4.78, 5) is 25.6. The Hall–Kier alpha value is -3.14. The van der Waals surface area contributed by atoms with Gasteiger partial charge in [-0.05, 0) is 113 Å². The van der Waals surface area contributed by atoms with Gasteiger partial charge in [-0.25, -0.2) is 9.59 Å². The Balaban J connectivity index is 1.34. The standard InChI is InChI=1S/C36H42O4/c1-23(2)31(37)39-33(5)30-14-13-25(20-26(30)15-17-35(33)18-19-35)27-11-9-16-36(21-27)22-28-10-7-8-12-29(28)34(36,6)40-32(38)24(3)4/h7-8,10,12-14,20,27H,1,3,9,11,15-19,21-22H2,2,4-6H3. The number of benzene rings is 2. The molecule has 2 saturated carbocycles. The second-order valence-electron chi connectivity index (χ2n) is 13.5. The van der Waals surface area contributed by atoms with Crippen molar-refractivity contribution in [3.05, 3.63) is 94.6 Å². The van der Waals surface area contributed by atoms with Crippen molar-refractivity contribution < 1.29 is 19.1 Å². The molecule has 0 radical (unpaired) electrons. The molecule has 0 aliphatic heterocycles. The minimum atomic E-state index is -0.694. The molecular formula is C36H42O4. The topological polar surface area (TPSA) is 52.6 Å². The molecule has 4 nitrogen and oxygen atoms in total. The molecule has 2 fully saturated rings. The number of carbonyl (C=O) groups is 2. The number of ether oxygens (including phenoxy) is 2. The summed E-state index contributed by atoms with van der Waals surface area (Å²) in [6, 6.07) is 15.4. The number of rotatable bonds is 5. The molecular weight excluding hydrogens is 496 g/mol. The molecule has 4 unspecified atom stereocenters. The van der Waals surface area contributed by atoms with E-state index in [4.69, 9.17) is 9.47 Å². The predicted molar refractivity (Wildman–Crippen MR) is 157 cm³/mol. The fourth-order valence-corrected chi connectivity index (χ4v) is 8.39. The van der Waals surface area contributed by atoms with Crippen molar-refractivity contribution >= 4 is 11.9 Å². The van der Waals surface area contributed by atoms with Crippen LogP contribution >= 0.6 is 0 Å². The summed E-state index contributed by atoms with van der Waals surface area (Å²) in [6.07, 6.45) is 9.38.